The quantitative estimate of drug-likeness (QED) is 0.812. The maximum Gasteiger partial charge on any atom is 0.232 e. The highest BCUT2D eigenvalue weighted by molar-refractivity contribution is 7.99. The second kappa shape index (κ2) is 8.76. The summed E-state index contributed by atoms with van der Waals surface area (Å²) in [5.74, 6) is 1.99. The highest BCUT2D eigenvalue weighted by Gasteiger charge is 2.45. The van der Waals surface area contributed by atoms with Gasteiger partial charge in [0, 0.05) is 45.4 Å². The molecule has 0 saturated carbocycles. The molecule has 0 bridgehead atoms. The van der Waals surface area contributed by atoms with Crippen LogP contribution in [-0.4, -0.2) is 74.7 Å². The molecule has 2 saturated heterocycles. The number of aliphatic hydroxyl groups is 1. The third-order valence-corrected chi connectivity index (χ3v) is 7.20. The first-order valence-electron chi connectivity index (χ1n) is 9.72. The Kier molecular flexibility index (Phi) is 6.64. The van der Waals surface area contributed by atoms with Gasteiger partial charge < -0.3 is 14.6 Å². The second-order valence-corrected chi connectivity index (χ2v) is 9.02. The summed E-state index contributed by atoms with van der Waals surface area (Å²) in [5.41, 5.74) is 1.44. The normalized spacial score (nSPS) is 23.5. The molecule has 1 N–H and O–H groups in total. The van der Waals surface area contributed by atoms with Crippen molar-refractivity contribution in [3.63, 3.8) is 0 Å². The van der Waals surface area contributed by atoms with E-state index < -0.39 is 0 Å². The van der Waals surface area contributed by atoms with Crippen molar-refractivity contribution in [2.75, 3.05) is 44.3 Å². The van der Waals surface area contributed by atoms with Crippen molar-refractivity contribution in [2.45, 2.75) is 32.7 Å². The number of aliphatic hydroxyl groups excluding tert-OH is 1. The number of piperidine rings is 2. The lowest BCUT2D eigenvalue weighted by atomic mass is 9.64. The number of aromatic nitrogens is 2. The van der Waals surface area contributed by atoms with Gasteiger partial charge in [-0.15, -0.1) is 0 Å². The lowest BCUT2D eigenvalue weighted by Gasteiger charge is -2.51. The minimum atomic E-state index is 0.187. The van der Waals surface area contributed by atoms with E-state index in [0.717, 1.165) is 57.7 Å². The van der Waals surface area contributed by atoms with E-state index >= 15 is 0 Å². The number of hydrogen-bond donors (Lipinski definition) is 1. The van der Waals surface area contributed by atoms with E-state index in [4.69, 9.17) is 0 Å². The zero-order chi connectivity index (χ0) is 18.6. The summed E-state index contributed by atoms with van der Waals surface area (Å²) < 4.78 is 2.08. The number of amides is 1. The minimum Gasteiger partial charge on any atom is -0.396 e. The Labute approximate surface area is 160 Å². The molecule has 2 aliphatic rings. The molecule has 1 spiro atoms. The number of hydrogen-bond acceptors (Lipinski definition) is 5. The molecule has 1 atom stereocenters. The van der Waals surface area contributed by atoms with Crippen LogP contribution in [0.3, 0.4) is 0 Å². The van der Waals surface area contributed by atoms with Gasteiger partial charge >= 0.3 is 0 Å². The van der Waals surface area contributed by atoms with Crippen LogP contribution in [0.1, 0.15) is 31.9 Å². The Balaban J connectivity index is 1.56. The Morgan fingerprint density at radius 2 is 2.08 bits per heavy atom. The van der Waals surface area contributed by atoms with E-state index in [1.165, 1.54) is 5.69 Å². The zero-order valence-electron chi connectivity index (χ0n) is 16.1. The average molecular weight is 381 g/mol. The van der Waals surface area contributed by atoms with Crippen molar-refractivity contribution in [3.8, 4) is 0 Å². The van der Waals surface area contributed by atoms with E-state index in [9.17, 15) is 9.90 Å². The molecule has 2 fully saturated rings. The molecule has 1 unspecified atom stereocenters. The number of carbonyl (C=O) groups is 1. The van der Waals surface area contributed by atoms with Gasteiger partial charge in [-0.1, -0.05) is 6.92 Å². The van der Waals surface area contributed by atoms with E-state index in [0.29, 0.717) is 5.75 Å². The van der Waals surface area contributed by atoms with Gasteiger partial charge in [-0.2, -0.15) is 11.8 Å². The predicted molar refractivity (Wildman–Crippen MR) is 105 cm³/mol. The molecule has 3 heterocycles. The summed E-state index contributed by atoms with van der Waals surface area (Å²) in [7, 11) is 2.04. The summed E-state index contributed by atoms with van der Waals surface area (Å²) in [6, 6.07) is 0. The van der Waals surface area contributed by atoms with Crippen molar-refractivity contribution < 1.29 is 9.90 Å². The molecule has 0 radical (unpaired) electrons. The minimum absolute atomic E-state index is 0.187. The van der Waals surface area contributed by atoms with Gasteiger partial charge in [0.2, 0.25) is 5.91 Å². The molecule has 2 aliphatic heterocycles. The lowest BCUT2D eigenvalue weighted by molar-refractivity contribution is -0.135. The molecular formula is C19H32N4O2S. The van der Waals surface area contributed by atoms with Gasteiger partial charge in [0.25, 0.3) is 0 Å². The summed E-state index contributed by atoms with van der Waals surface area (Å²) in [6.07, 6.45) is 7.05. The number of rotatable bonds is 6. The fraction of sp³-hybridized carbons (Fsp3) is 0.789. The van der Waals surface area contributed by atoms with Crippen LogP contribution in [0, 0.1) is 11.3 Å². The van der Waals surface area contributed by atoms with Gasteiger partial charge in [-0.3, -0.25) is 9.69 Å². The Bertz CT molecular complexity index is 598. The fourth-order valence-corrected chi connectivity index (χ4v) is 5.01. The van der Waals surface area contributed by atoms with E-state index in [-0.39, 0.29) is 23.8 Å². The SMILES string of the molecule is CCSCC(=O)N1CCC2(CCN(Cc3cncn3C)CC2)C(CO)C1. The van der Waals surface area contributed by atoms with Crippen molar-refractivity contribution in [3.05, 3.63) is 18.2 Å². The van der Waals surface area contributed by atoms with Crippen molar-refractivity contribution in [2.24, 2.45) is 18.4 Å². The number of thioether (sulfide) groups is 1. The van der Waals surface area contributed by atoms with Crippen LogP contribution < -0.4 is 0 Å². The molecule has 6 nitrogen and oxygen atoms in total. The predicted octanol–water partition coefficient (Wildman–Crippen LogP) is 1.60. The van der Waals surface area contributed by atoms with Crippen LogP contribution in [0.25, 0.3) is 0 Å². The van der Waals surface area contributed by atoms with Gasteiger partial charge in [0.15, 0.2) is 0 Å². The largest absolute Gasteiger partial charge is 0.396 e. The third kappa shape index (κ3) is 4.26. The first-order chi connectivity index (χ1) is 12.6. The molecule has 146 valence electrons. The summed E-state index contributed by atoms with van der Waals surface area (Å²) >= 11 is 1.68. The Morgan fingerprint density at radius 1 is 1.35 bits per heavy atom. The van der Waals surface area contributed by atoms with Crippen LogP contribution in [0.4, 0.5) is 0 Å². The van der Waals surface area contributed by atoms with Crippen LogP contribution in [0.15, 0.2) is 12.5 Å². The number of nitrogens with zero attached hydrogens (tertiary/aromatic N) is 4. The van der Waals surface area contributed by atoms with Crippen LogP contribution >= 0.6 is 11.8 Å². The van der Waals surface area contributed by atoms with Crippen molar-refractivity contribution in [1.82, 2.24) is 19.4 Å². The van der Waals surface area contributed by atoms with E-state index in [1.807, 2.05) is 24.5 Å². The second-order valence-electron chi connectivity index (χ2n) is 7.74. The maximum atomic E-state index is 12.4. The standard InChI is InChI=1S/C19H32N4O2S/c1-3-26-14-18(25)23-9-6-19(16(11-23)13-24)4-7-22(8-5-19)12-17-10-20-15-21(17)2/h10,15-16,24H,3-9,11-14H2,1-2H3. The molecule has 26 heavy (non-hydrogen) atoms. The van der Waals surface area contributed by atoms with Crippen LogP contribution in [0.5, 0.6) is 0 Å². The number of carbonyl (C=O) groups excluding carboxylic acids is 1. The Hall–Kier alpha value is -1.05. The highest BCUT2D eigenvalue weighted by atomic mass is 32.2. The van der Waals surface area contributed by atoms with Gasteiger partial charge in [-0.25, -0.2) is 4.98 Å². The van der Waals surface area contributed by atoms with E-state index in [2.05, 4.69) is 21.4 Å². The number of likely N-dealkylation sites (tertiary alicyclic amines) is 2. The first-order valence-corrected chi connectivity index (χ1v) is 10.9. The van der Waals surface area contributed by atoms with Crippen molar-refractivity contribution >= 4 is 17.7 Å². The smallest absolute Gasteiger partial charge is 0.232 e. The topological polar surface area (TPSA) is 61.6 Å². The molecule has 1 aromatic rings. The van der Waals surface area contributed by atoms with Gasteiger partial charge in [0.1, 0.15) is 0 Å². The average Bonchev–Trinajstić information content (AvgIpc) is 3.06. The third-order valence-electron chi connectivity index (χ3n) is 6.34. The van der Waals surface area contributed by atoms with Crippen LogP contribution in [0.2, 0.25) is 0 Å². The maximum absolute atomic E-state index is 12.4. The zero-order valence-corrected chi connectivity index (χ0v) is 16.9. The summed E-state index contributed by atoms with van der Waals surface area (Å²) in [6.45, 7) is 6.89. The molecule has 0 aromatic carbocycles. The number of aryl methyl sites for hydroxylation is 1. The molecule has 7 heteroatoms. The monoisotopic (exact) mass is 380 g/mol. The summed E-state index contributed by atoms with van der Waals surface area (Å²) in [4.78, 5) is 21.0. The van der Waals surface area contributed by atoms with Gasteiger partial charge in [-0.05, 0) is 43.5 Å². The van der Waals surface area contributed by atoms with E-state index in [1.54, 1.807) is 11.8 Å². The number of imidazole rings is 1. The first kappa shape index (κ1) is 19.7. The molecule has 1 amide bonds. The highest BCUT2D eigenvalue weighted by Crippen LogP contribution is 2.45. The molecule has 0 aliphatic carbocycles. The Morgan fingerprint density at radius 3 is 2.69 bits per heavy atom. The molecule has 3 rings (SSSR count). The summed E-state index contributed by atoms with van der Waals surface area (Å²) in [5, 5.41) is 10.0. The van der Waals surface area contributed by atoms with Gasteiger partial charge in [0.05, 0.1) is 17.8 Å². The lowest BCUT2D eigenvalue weighted by Crippen LogP contribution is -2.54. The van der Waals surface area contributed by atoms with Crippen molar-refractivity contribution in [1.29, 1.82) is 0 Å². The van der Waals surface area contributed by atoms with Crippen LogP contribution in [-0.2, 0) is 18.4 Å². The molecule has 1 aromatic heterocycles. The fourth-order valence-electron chi connectivity index (χ4n) is 4.45. The molecular weight excluding hydrogens is 348 g/mol.